The maximum atomic E-state index is 12.3. The first kappa shape index (κ1) is 14.1. The Morgan fingerprint density at radius 1 is 1.53 bits per heavy atom. The average Bonchev–Trinajstić information content (AvgIpc) is 2.79. The minimum Gasteiger partial charge on any atom is -0.305 e. The van der Waals surface area contributed by atoms with E-state index in [1.54, 1.807) is 19.9 Å². The molecule has 0 saturated heterocycles. The average molecular weight is 271 g/mol. The van der Waals surface area contributed by atoms with Gasteiger partial charge in [-0.3, -0.25) is 4.57 Å². The van der Waals surface area contributed by atoms with E-state index < -0.39 is 7.60 Å². The van der Waals surface area contributed by atoms with Gasteiger partial charge in [0.25, 0.3) is 0 Å². The van der Waals surface area contributed by atoms with Crippen LogP contribution in [0.3, 0.4) is 0 Å². The van der Waals surface area contributed by atoms with Crippen LogP contribution in [0.2, 0.25) is 0 Å². The van der Waals surface area contributed by atoms with E-state index in [4.69, 9.17) is 14.3 Å². The fourth-order valence-corrected chi connectivity index (χ4v) is 3.39. The lowest BCUT2D eigenvalue weighted by molar-refractivity contribution is 0.227. The summed E-state index contributed by atoms with van der Waals surface area (Å²) in [7, 11) is -3.46. The molecular weight excluding hydrogens is 257 g/mol. The second-order valence-electron chi connectivity index (χ2n) is 2.99. The number of nitriles is 1. The number of rotatable bonds is 6. The fourth-order valence-electron chi connectivity index (χ4n) is 1.20. The van der Waals surface area contributed by atoms with Gasteiger partial charge in [-0.2, -0.15) is 5.26 Å². The first-order valence-electron chi connectivity index (χ1n) is 5.21. The van der Waals surface area contributed by atoms with E-state index in [9.17, 15) is 4.57 Å². The molecule has 0 spiro atoms. The first-order valence-corrected chi connectivity index (χ1v) is 7.63. The maximum absolute atomic E-state index is 12.3. The molecule has 6 heteroatoms. The lowest BCUT2D eigenvalue weighted by atomic mass is 10.4. The molecule has 92 valence electrons. The highest BCUT2D eigenvalue weighted by Crippen LogP contribution is 2.56. The van der Waals surface area contributed by atoms with Crippen molar-refractivity contribution in [1.82, 2.24) is 0 Å². The summed E-state index contributed by atoms with van der Waals surface area (Å²) in [5, 5.41) is 11.0. The van der Waals surface area contributed by atoms with Crippen molar-refractivity contribution < 1.29 is 13.6 Å². The number of hydrogen-bond acceptors (Lipinski definition) is 5. The minimum absolute atomic E-state index is 0.0450. The van der Waals surface area contributed by atoms with Crippen LogP contribution in [-0.4, -0.2) is 13.2 Å². The van der Waals surface area contributed by atoms with E-state index in [-0.39, 0.29) is 18.5 Å². The zero-order valence-corrected chi connectivity index (χ0v) is 11.5. The van der Waals surface area contributed by atoms with Crippen molar-refractivity contribution in [2.45, 2.75) is 13.8 Å². The molecule has 17 heavy (non-hydrogen) atoms. The Hall–Kier alpha value is -0.920. The summed E-state index contributed by atoms with van der Waals surface area (Å²) in [4.78, 5) is 0.848. The Morgan fingerprint density at radius 2 is 2.18 bits per heavy atom. The van der Waals surface area contributed by atoms with Gasteiger partial charge in [0, 0.05) is 4.88 Å². The van der Waals surface area contributed by atoms with Crippen molar-refractivity contribution in [3.63, 3.8) is 0 Å². The van der Waals surface area contributed by atoms with E-state index >= 15 is 0 Å². The summed E-state index contributed by atoms with van der Waals surface area (Å²) in [5.41, 5.74) is 0. The van der Waals surface area contributed by atoms with Gasteiger partial charge in [0.2, 0.25) is 0 Å². The third-order valence-electron chi connectivity index (χ3n) is 1.83. The lowest BCUT2D eigenvalue weighted by Gasteiger charge is -2.15. The number of allylic oxidation sites excluding steroid dienone is 1. The third kappa shape index (κ3) is 3.79. The second-order valence-corrected chi connectivity index (χ2v) is 5.96. The van der Waals surface area contributed by atoms with Crippen LogP contribution in [-0.2, 0) is 13.6 Å². The van der Waals surface area contributed by atoms with E-state index in [1.807, 2.05) is 23.6 Å². The third-order valence-corrected chi connectivity index (χ3v) is 4.66. The number of hydrogen-bond donors (Lipinski definition) is 0. The zero-order chi connectivity index (χ0) is 12.7. The highest BCUT2D eigenvalue weighted by molar-refractivity contribution is 7.59. The van der Waals surface area contributed by atoms with Gasteiger partial charge in [0.1, 0.15) is 11.4 Å². The molecule has 0 aliphatic rings. The molecular formula is C11H14NO3PS. The Bertz CT molecular complexity index is 452. The van der Waals surface area contributed by atoms with Crippen LogP contribution in [0.5, 0.6) is 0 Å². The van der Waals surface area contributed by atoms with Crippen molar-refractivity contribution in [3.05, 3.63) is 27.7 Å². The highest BCUT2D eigenvalue weighted by Gasteiger charge is 2.29. The largest absolute Gasteiger partial charge is 0.371 e. The molecule has 0 N–H and O–H groups in total. The molecule has 0 bridgehead atoms. The molecule has 0 aromatic carbocycles. The molecule has 0 saturated carbocycles. The van der Waals surface area contributed by atoms with Crippen LogP contribution in [0.15, 0.2) is 22.8 Å². The second kappa shape index (κ2) is 6.73. The van der Waals surface area contributed by atoms with Gasteiger partial charge in [-0.15, -0.1) is 11.3 Å². The molecule has 0 atom stereocenters. The SMILES string of the molecule is CCOP(=O)(OCC)/C(C#N)=C/c1cccs1. The van der Waals surface area contributed by atoms with Gasteiger partial charge >= 0.3 is 7.60 Å². The van der Waals surface area contributed by atoms with Gasteiger partial charge in [0.05, 0.1) is 13.2 Å². The Balaban J connectivity index is 3.06. The first-order chi connectivity index (χ1) is 8.16. The zero-order valence-electron chi connectivity index (χ0n) is 9.75. The summed E-state index contributed by atoms with van der Waals surface area (Å²) in [6, 6.07) is 5.60. The van der Waals surface area contributed by atoms with Gasteiger partial charge in [0.15, 0.2) is 0 Å². The normalized spacial score (nSPS) is 12.4. The van der Waals surface area contributed by atoms with E-state index in [1.165, 1.54) is 11.3 Å². The number of thiophene rings is 1. The Labute approximate surface area is 105 Å². The summed E-state index contributed by atoms with van der Waals surface area (Å²) >= 11 is 1.46. The molecule has 0 unspecified atom stereocenters. The van der Waals surface area contributed by atoms with E-state index in [0.717, 1.165) is 4.88 Å². The lowest BCUT2D eigenvalue weighted by Crippen LogP contribution is -1.97. The predicted molar refractivity (Wildman–Crippen MR) is 68.8 cm³/mol. The van der Waals surface area contributed by atoms with E-state index in [0.29, 0.717) is 0 Å². The molecule has 1 heterocycles. The van der Waals surface area contributed by atoms with Gasteiger partial charge in [-0.05, 0) is 31.4 Å². The van der Waals surface area contributed by atoms with Gasteiger partial charge in [-0.1, -0.05) is 6.07 Å². The van der Waals surface area contributed by atoms with Crippen LogP contribution >= 0.6 is 18.9 Å². The number of nitrogens with zero attached hydrogens (tertiary/aromatic N) is 1. The van der Waals surface area contributed by atoms with Crippen LogP contribution in [0.25, 0.3) is 6.08 Å². The Kier molecular flexibility index (Phi) is 5.60. The molecule has 4 nitrogen and oxygen atoms in total. The van der Waals surface area contributed by atoms with Crippen molar-refractivity contribution in [2.24, 2.45) is 0 Å². The molecule has 1 rings (SSSR count). The maximum Gasteiger partial charge on any atom is 0.371 e. The predicted octanol–water partition coefficient (Wildman–Crippen LogP) is 3.88. The standard InChI is InChI=1S/C11H14NO3PS/c1-3-14-16(13,15-4-2)10(9-12)8-11-6-5-7-17-11/h5-8H,3-4H2,1-2H3/b10-8+. The monoisotopic (exact) mass is 271 g/mol. The molecule has 0 aliphatic heterocycles. The molecule has 0 radical (unpaired) electrons. The van der Waals surface area contributed by atoms with Crippen LogP contribution in [0, 0.1) is 11.3 Å². The molecule has 1 aromatic heterocycles. The van der Waals surface area contributed by atoms with E-state index in [2.05, 4.69) is 0 Å². The van der Waals surface area contributed by atoms with Crippen molar-refractivity contribution in [2.75, 3.05) is 13.2 Å². The molecule has 0 amide bonds. The van der Waals surface area contributed by atoms with Crippen molar-refractivity contribution in [1.29, 1.82) is 5.26 Å². The van der Waals surface area contributed by atoms with Crippen molar-refractivity contribution >= 4 is 25.0 Å². The smallest absolute Gasteiger partial charge is 0.305 e. The summed E-state index contributed by atoms with van der Waals surface area (Å²) in [5.74, 6) is 0. The molecule has 1 aromatic rings. The van der Waals surface area contributed by atoms with Crippen molar-refractivity contribution in [3.8, 4) is 6.07 Å². The quantitative estimate of drug-likeness (QED) is 0.582. The van der Waals surface area contributed by atoms with Crippen LogP contribution in [0.4, 0.5) is 0 Å². The highest BCUT2D eigenvalue weighted by atomic mass is 32.1. The minimum atomic E-state index is -3.46. The topological polar surface area (TPSA) is 59.3 Å². The fraction of sp³-hybridized carbons (Fsp3) is 0.364. The summed E-state index contributed by atoms with van der Waals surface area (Å²) < 4.78 is 22.6. The molecule has 0 fully saturated rings. The van der Waals surface area contributed by atoms with Crippen LogP contribution < -0.4 is 0 Å². The Morgan fingerprint density at radius 3 is 2.59 bits per heavy atom. The van der Waals surface area contributed by atoms with Gasteiger partial charge in [-0.25, -0.2) is 0 Å². The molecule has 0 aliphatic carbocycles. The van der Waals surface area contributed by atoms with Crippen LogP contribution in [0.1, 0.15) is 18.7 Å². The summed E-state index contributed by atoms with van der Waals surface area (Å²) in [6.07, 6.45) is 1.55. The summed E-state index contributed by atoms with van der Waals surface area (Å²) in [6.45, 7) is 3.90. The van der Waals surface area contributed by atoms with Gasteiger partial charge < -0.3 is 9.05 Å².